The second-order valence-electron chi connectivity index (χ2n) is 5.70. The van der Waals surface area contributed by atoms with Gasteiger partial charge in [0.2, 0.25) is 0 Å². The SMILES string of the molecule is CN(Cc1ccccc1/C=C/C(=O)O)C1CCCCC1O. The molecule has 4 nitrogen and oxygen atoms in total. The zero-order valence-corrected chi connectivity index (χ0v) is 12.4. The first-order chi connectivity index (χ1) is 10.1. The molecule has 0 bridgehead atoms. The lowest BCUT2D eigenvalue weighted by Crippen LogP contribution is -2.42. The Morgan fingerprint density at radius 3 is 2.76 bits per heavy atom. The summed E-state index contributed by atoms with van der Waals surface area (Å²) in [5.74, 6) is -0.944. The van der Waals surface area contributed by atoms with Crippen molar-refractivity contribution in [1.82, 2.24) is 4.90 Å². The summed E-state index contributed by atoms with van der Waals surface area (Å²) in [4.78, 5) is 12.8. The molecule has 114 valence electrons. The fraction of sp³-hybridized carbons (Fsp3) is 0.471. The van der Waals surface area contributed by atoms with E-state index in [1.807, 2.05) is 31.3 Å². The van der Waals surface area contributed by atoms with Gasteiger partial charge in [-0.25, -0.2) is 4.79 Å². The fourth-order valence-corrected chi connectivity index (χ4v) is 2.99. The van der Waals surface area contributed by atoms with Crippen LogP contribution in [0.1, 0.15) is 36.8 Å². The Labute approximate surface area is 125 Å². The van der Waals surface area contributed by atoms with Crippen LogP contribution in [0.3, 0.4) is 0 Å². The second kappa shape index (κ2) is 7.38. The maximum atomic E-state index is 10.7. The van der Waals surface area contributed by atoms with E-state index in [2.05, 4.69) is 4.90 Å². The average molecular weight is 289 g/mol. The van der Waals surface area contributed by atoms with Crippen molar-refractivity contribution in [3.05, 3.63) is 41.5 Å². The summed E-state index contributed by atoms with van der Waals surface area (Å²) < 4.78 is 0. The number of rotatable bonds is 5. The van der Waals surface area contributed by atoms with Gasteiger partial charge in [0, 0.05) is 18.7 Å². The van der Waals surface area contributed by atoms with Gasteiger partial charge in [-0.3, -0.25) is 4.90 Å². The first-order valence-corrected chi connectivity index (χ1v) is 7.45. The van der Waals surface area contributed by atoms with E-state index in [4.69, 9.17) is 5.11 Å². The highest BCUT2D eigenvalue weighted by atomic mass is 16.4. The van der Waals surface area contributed by atoms with E-state index >= 15 is 0 Å². The average Bonchev–Trinajstić information content (AvgIpc) is 2.46. The minimum absolute atomic E-state index is 0.190. The monoisotopic (exact) mass is 289 g/mol. The Morgan fingerprint density at radius 1 is 1.33 bits per heavy atom. The van der Waals surface area contributed by atoms with Crippen molar-refractivity contribution in [3.8, 4) is 0 Å². The number of carbonyl (C=O) groups is 1. The molecule has 0 aliphatic heterocycles. The molecule has 1 aromatic carbocycles. The molecule has 0 aromatic heterocycles. The minimum atomic E-state index is -0.944. The highest BCUT2D eigenvalue weighted by Crippen LogP contribution is 2.24. The molecule has 1 aliphatic rings. The maximum absolute atomic E-state index is 10.7. The third-order valence-electron chi connectivity index (χ3n) is 4.14. The highest BCUT2D eigenvalue weighted by molar-refractivity contribution is 5.85. The van der Waals surface area contributed by atoms with Crippen molar-refractivity contribution in [2.75, 3.05) is 7.05 Å². The summed E-state index contributed by atoms with van der Waals surface area (Å²) in [5, 5.41) is 18.9. The molecule has 0 radical (unpaired) electrons. The van der Waals surface area contributed by atoms with E-state index < -0.39 is 5.97 Å². The Balaban J connectivity index is 2.09. The van der Waals surface area contributed by atoms with Crippen molar-refractivity contribution in [3.63, 3.8) is 0 Å². The first-order valence-electron chi connectivity index (χ1n) is 7.45. The van der Waals surface area contributed by atoms with Crippen LogP contribution >= 0.6 is 0 Å². The molecule has 0 saturated heterocycles. The Hall–Kier alpha value is -1.65. The van der Waals surface area contributed by atoms with Crippen LogP contribution in [0, 0.1) is 0 Å². The number of benzene rings is 1. The van der Waals surface area contributed by atoms with Crippen LogP contribution in [0.2, 0.25) is 0 Å². The summed E-state index contributed by atoms with van der Waals surface area (Å²) in [6.07, 6.45) is 6.68. The van der Waals surface area contributed by atoms with Crippen LogP contribution in [0.15, 0.2) is 30.3 Å². The number of aliphatic hydroxyl groups excluding tert-OH is 1. The van der Waals surface area contributed by atoms with Gasteiger partial charge in [-0.2, -0.15) is 0 Å². The van der Waals surface area contributed by atoms with Crippen LogP contribution in [0.25, 0.3) is 6.08 Å². The predicted molar refractivity (Wildman–Crippen MR) is 82.8 cm³/mol. The lowest BCUT2D eigenvalue weighted by atomic mass is 9.91. The summed E-state index contributed by atoms with van der Waals surface area (Å²) in [6, 6.07) is 7.97. The third-order valence-corrected chi connectivity index (χ3v) is 4.14. The number of likely N-dealkylation sites (N-methyl/N-ethyl adjacent to an activating group) is 1. The van der Waals surface area contributed by atoms with Crippen molar-refractivity contribution in [2.24, 2.45) is 0 Å². The van der Waals surface area contributed by atoms with E-state index in [1.54, 1.807) is 6.08 Å². The van der Waals surface area contributed by atoms with Crippen LogP contribution in [-0.2, 0) is 11.3 Å². The molecule has 21 heavy (non-hydrogen) atoms. The number of carboxylic acids is 1. The molecular formula is C17H23NO3. The molecule has 2 atom stereocenters. The number of hydrogen-bond donors (Lipinski definition) is 2. The minimum Gasteiger partial charge on any atom is -0.478 e. The van der Waals surface area contributed by atoms with E-state index in [0.29, 0.717) is 6.54 Å². The summed E-state index contributed by atoms with van der Waals surface area (Å²) in [5.41, 5.74) is 1.99. The Morgan fingerprint density at radius 2 is 2.05 bits per heavy atom. The summed E-state index contributed by atoms with van der Waals surface area (Å²) in [7, 11) is 2.02. The van der Waals surface area contributed by atoms with E-state index in [1.165, 1.54) is 0 Å². The van der Waals surface area contributed by atoms with Gasteiger partial charge in [-0.1, -0.05) is 37.1 Å². The van der Waals surface area contributed by atoms with Gasteiger partial charge >= 0.3 is 5.97 Å². The Kier molecular flexibility index (Phi) is 5.53. The topological polar surface area (TPSA) is 60.8 Å². The van der Waals surface area contributed by atoms with Crippen molar-refractivity contribution >= 4 is 12.0 Å². The zero-order chi connectivity index (χ0) is 15.2. The van der Waals surface area contributed by atoms with Gasteiger partial charge in [0.1, 0.15) is 0 Å². The van der Waals surface area contributed by atoms with Crippen molar-refractivity contribution < 1.29 is 15.0 Å². The lowest BCUT2D eigenvalue weighted by Gasteiger charge is -2.35. The molecule has 1 aliphatic carbocycles. The molecule has 0 heterocycles. The molecule has 0 spiro atoms. The van der Waals surface area contributed by atoms with Crippen LogP contribution < -0.4 is 0 Å². The normalized spacial score (nSPS) is 22.8. The van der Waals surface area contributed by atoms with Crippen molar-refractivity contribution in [1.29, 1.82) is 0 Å². The van der Waals surface area contributed by atoms with Gasteiger partial charge in [0.25, 0.3) is 0 Å². The van der Waals surface area contributed by atoms with Crippen LogP contribution in [0.4, 0.5) is 0 Å². The molecule has 2 rings (SSSR count). The fourth-order valence-electron chi connectivity index (χ4n) is 2.99. The van der Waals surface area contributed by atoms with Crippen LogP contribution in [-0.4, -0.2) is 40.3 Å². The zero-order valence-electron chi connectivity index (χ0n) is 12.4. The van der Waals surface area contributed by atoms with E-state index in [9.17, 15) is 9.90 Å². The first kappa shape index (κ1) is 15.7. The summed E-state index contributed by atoms with van der Waals surface area (Å²) in [6.45, 7) is 0.710. The molecule has 2 N–H and O–H groups in total. The number of hydrogen-bond acceptors (Lipinski definition) is 3. The number of aliphatic carboxylic acids is 1. The van der Waals surface area contributed by atoms with E-state index in [-0.39, 0.29) is 12.1 Å². The lowest BCUT2D eigenvalue weighted by molar-refractivity contribution is -0.131. The predicted octanol–water partition coefficient (Wildman–Crippen LogP) is 2.52. The number of carboxylic acid groups (broad SMARTS) is 1. The molecule has 1 fully saturated rings. The van der Waals surface area contributed by atoms with Gasteiger partial charge in [-0.15, -0.1) is 0 Å². The number of nitrogens with zero attached hydrogens (tertiary/aromatic N) is 1. The van der Waals surface area contributed by atoms with Gasteiger partial charge in [0.05, 0.1) is 6.10 Å². The van der Waals surface area contributed by atoms with Gasteiger partial charge < -0.3 is 10.2 Å². The van der Waals surface area contributed by atoms with Crippen molar-refractivity contribution in [2.45, 2.75) is 44.4 Å². The summed E-state index contributed by atoms with van der Waals surface area (Å²) >= 11 is 0. The van der Waals surface area contributed by atoms with Gasteiger partial charge in [-0.05, 0) is 37.1 Å². The smallest absolute Gasteiger partial charge is 0.328 e. The molecule has 1 saturated carbocycles. The number of aliphatic hydroxyl groups is 1. The molecular weight excluding hydrogens is 266 g/mol. The molecule has 1 aromatic rings. The third kappa shape index (κ3) is 4.41. The van der Waals surface area contributed by atoms with Crippen LogP contribution in [0.5, 0.6) is 0 Å². The maximum Gasteiger partial charge on any atom is 0.328 e. The molecule has 4 heteroatoms. The van der Waals surface area contributed by atoms with Gasteiger partial charge in [0.15, 0.2) is 0 Å². The van der Waals surface area contributed by atoms with E-state index in [0.717, 1.165) is 42.9 Å². The molecule has 2 unspecified atom stereocenters. The standard InChI is InChI=1S/C17H23NO3/c1-18(15-8-4-5-9-16(15)19)12-14-7-3-2-6-13(14)10-11-17(20)21/h2-3,6-7,10-11,15-16,19H,4-5,8-9,12H2,1H3,(H,20,21)/b11-10+. The molecule has 0 amide bonds. The highest BCUT2D eigenvalue weighted by Gasteiger charge is 2.26. The quantitative estimate of drug-likeness (QED) is 0.818. The Bertz CT molecular complexity index is 513. The largest absolute Gasteiger partial charge is 0.478 e. The second-order valence-corrected chi connectivity index (χ2v) is 5.70.